The fourth-order valence-corrected chi connectivity index (χ4v) is 3.87. The van der Waals surface area contributed by atoms with Crippen molar-refractivity contribution in [2.45, 2.75) is 0 Å². The van der Waals surface area contributed by atoms with Gasteiger partial charge in [0.25, 0.3) is 5.91 Å². The minimum atomic E-state index is -0.472. The topological polar surface area (TPSA) is 94.8 Å². The third kappa shape index (κ3) is 4.44. The summed E-state index contributed by atoms with van der Waals surface area (Å²) in [6.07, 6.45) is 6.64. The lowest BCUT2D eigenvalue weighted by Crippen LogP contribution is -2.39. The molecule has 7 nitrogen and oxygen atoms in total. The van der Waals surface area contributed by atoms with Gasteiger partial charge >= 0.3 is 0 Å². The Labute approximate surface area is 171 Å². The Balaban J connectivity index is 1.46. The number of nitrogens with two attached hydrogens (primary N) is 1. The first kappa shape index (κ1) is 19.1. The van der Waals surface area contributed by atoms with Crippen LogP contribution in [0.1, 0.15) is 15.2 Å². The number of rotatable bonds is 5. The fraction of sp³-hybridized carbons (Fsp3) is 0.190. The maximum Gasteiger partial charge on any atom is 0.258 e. The number of aromatic nitrogens is 1. The first-order valence-electron chi connectivity index (χ1n) is 9.10. The molecule has 0 spiro atoms. The molecule has 2 aromatic heterocycles. The zero-order valence-electron chi connectivity index (χ0n) is 15.5. The lowest BCUT2D eigenvalue weighted by atomic mass is 10.2. The van der Waals surface area contributed by atoms with Crippen molar-refractivity contribution < 1.29 is 19.1 Å². The second-order valence-corrected chi connectivity index (χ2v) is 7.55. The van der Waals surface area contributed by atoms with E-state index in [-0.39, 0.29) is 5.91 Å². The number of hydrogen-bond donors (Lipinski definition) is 1. The summed E-state index contributed by atoms with van der Waals surface area (Å²) in [5.74, 6) is 0.689. The Morgan fingerprint density at radius 2 is 1.93 bits per heavy atom. The van der Waals surface area contributed by atoms with Crippen LogP contribution in [0.3, 0.4) is 0 Å². The van der Waals surface area contributed by atoms with Crippen LogP contribution in [-0.4, -0.2) is 48.0 Å². The van der Waals surface area contributed by atoms with Crippen LogP contribution in [0.25, 0.3) is 16.2 Å². The van der Waals surface area contributed by atoms with Gasteiger partial charge in [0.05, 0.1) is 29.0 Å². The van der Waals surface area contributed by atoms with E-state index in [1.165, 1.54) is 11.3 Å². The molecule has 1 aromatic carbocycles. The summed E-state index contributed by atoms with van der Waals surface area (Å²) in [6, 6.07) is 9.09. The average molecular weight is 409 g/mol. The quantitative estimate of drug-likeness (QED) is 0.654. The molecule has 0 radical (unpaired) electrons. The molecule has 3 heterocycles. The van der Waals surface area contributed by atoms with Crippen molar-refractivity contribution in [3.05, 3.63) is 59.2 Å². The summed E-state index contributed by atoms with van der Waals surface area (Å²) >= 11 is 1.28. The molecular weight excluding hydrogens is 390 g/mol. The minimum absolute atomic E-state index is 0.0194. The molecule has 0 aliphatic carbocycles. The Bertz CT molecular complexity index is 1070. The van der Waals surface area contributed by atoms with Gasteiger partial charge < -0.3 is 20.1 Å². The zero-order chi connectivity index (χ0) is 20.2. The monoisotopic (exact) mass is 409 g/mol. The largest absolute Gasteiger partial charge is 0.455 e. The Morgan fingerprint density at radius 3 is 2.66 bits per heavy atom. The van der Waals surface area contributed by atoms with Gasteiger partial charge in [0, 0.05) is 30.7 Å². The summed E-state index contributed by atoms with van der Waals surface area (Å²) in [6.45, 7) is 2.40. The van der Waals surface area contributed by atoms with Crippen LogP contribution in [0.4, 0.5) is 0 Å². The van der Waals surface area contributed by atoms with E-state index in [4.69, 9.17) is 15.2 Å². The molecule has 1 fully saturated rings. The second kappa shape index (κ2) is 8.42. The van der Waals surface area contributed by atoms with Crippen LogP contribution >= 0.6 is 11.3 Å². The normalized spacial score (nSPS) is 14.4. The number of primary amides is 1. The predicted octanol–water partition coefficient (Wildman–Crippen LogP) is 3.06. The van der Waals surface area contributed by atoms with Gasteiger partial charge in [-0.3, -0.25) is 14.6 Å². The number of thiophene rings is 1. The molecule has 148 valence electrons. The van der Waals surface area contributed by atoms with Gasteiger partial charge in [-0.1, -0.05) is 12.1 Å². The van der Waals surface area contributed by atoms with E-state index in [9.17, 15) is 9.59 Å². The number of pyridine rings is 1. The van der Waals surface area contributed by atoms with E-state index in [1.807, 2.05) is 24.3 Å². The lowest BCUT2D eigenvalue weighted by Gasteiger charge is -2.25. The highest BCUT2D eigenvalue weighted by Crippen LogP contribution is 2.34. The van der Waals surface area contributed by atoms with Crippen LogP contribution < -0.4 is 10.5 Å². The number of amides is 2. The molecule has 4 rings (SSSR count). The van der Waals surface area contributed by atoms with Crippen molar-refractivity contribution >= 4 is 39.3 Å². The van der Waals surface area contributed by atoms with Crippen molar-refractivity contribution in [1.29, 1.82) is 0 Å². The number of benzene rings is 1. The molecular formula is C21H19N3O4S. The first-order chi connectivity index (χ1) is 14.1. The fourth-order valence-electron chi connectivity index (χ4n) is 2.97. The van der Waals surface area contributed by atoms with Gasteiger partial charge in [-0.25, -0.2) is 0 Å². The Hall–Kier alpha value is -3.23. The van der Waals surface area contributed by atoms with Crippen LogP contribution in [0.5, 0.6) is 11.5 Å². The van der Waals surface area contributed by atoms with Crippen LogP contribution in [0, 0.1) is 0 Å². The summed E-state index contributed by atoms with van der Waals surface area (Å²) in [5.41, 5.74) is 6.26. The minimum Gasteiger partial charge on any atom is -0.455 e. The third-order valence-electron chi connectivity index (χ3n) is 4.50. The highest BCUT2D eigenvalue weighted by atomic mass is 32.1. The third-order valence-corrected chi connectivity index (χ3v) is 5.59. The molecule has 3 aromatic rings. The van der Waals surface area contributed by atoms with E-state index in [1.54, 1.807) is 35.5 Å². The van der Waals surface area contributed by atoms with Crippen LogP contribution in [0.15, 0.2) is 48.8 Å². The number of hydrogen-bond acceptors (Lipinski definition) is 6. The molecule has 2 N–H and O–H groups in total. The molecule has 1 aliphatic rings. The maximum absolute atomic E-state index is 12.2. The number of fused-ring (bicyclic) bond motifs is 1. The second-order valence-electron chi connectivity index (χ2n) is 6.47. The smallest absolute Gasteiger partial charge is 0.258 e. The van der Waals surface area contributed by atoms with Gasteiger partial charge in [0.1, 0.15) is 5.75 Å². The lowest BCUT2D eigenvalue weighted by molar-refractivity contribution is -0.129. The first-order valence-corrected chi connectivity index (χ1v) is 9.92. The predicted molar refractivity (Wildman–Crippen MR) is 111 cm³/mol. The molecule has 0 atom stereocenters. The van der Waals surface area contributed by atoms with Crippen molar-refractivity contribution in [1.82, 2.24) is 9.88 Å². The van der Waals surface area contributed by atoms with Crippen LogP contribution in [-0.2, 0) is 9.53 Å². The summed E-state index contributed by atoms with van der Waals surface area (Å²) in [4.78, 5) is 30.0. The molecule has 8 heteroatoms. The summed E-state index contributed by atoms with van der Waals surface area (Å²) in [7, 11) is 0. The van der Waals surface area contributed by atoms with Gasteiger partial charge in [-0.05, 0) is 29.8 Å². The Morgan fingerprint density at radius 1 is 1.17 bits per heavy atom. The van der Waals surface area contributed by atoms with Crippen molar-refractivity contribution in [2.24, 2.45) is 5.73 Å². The van der Waals surface area contributed by atoms with Crippen molar-refractivity contribution in [3.8, 4) is 11.5 Å². The van der Waals surface area contributed by atoms with Crippen molar-refractivity contribution in [3.63, 3.8) is 0 Å². The van der Waals surface area contributed by atoms with E-state index in [0.29, 0.717) is 42.7 Å². The van der Waals surface area contributed by atoms with Crippen LogP contribution in [0.2, 0.25) is 0 Å². The van der Waals surface area contributed by atoms with E-state index >= 15 is 0 Å². The Kier molecular flexibility index (Phi) is 5.55. The zero-order valence-corrected chi connectivity index (χ0v) is 16.4. The number of morpholine rings is 1. The van der Waals surface area contributed by atoms with Crippen molar-refractivity contribution in [2.75, 3.05) is 26.3 Å². The molecule has 0 saturated carbocycles. The summed E-state index contributed by atoms with van der Waals surface area (Å²) < 4.78 is 12.0. The van der Waals surface area contributed by atoms with Gasteiger partial charge in [-0.2, -0.15) is 0 Å². The summed E-state index contributed by atoms with van der Waals surface area (Å²) in [5, 5.41) is 0.791. The van der Waals surface area contributed by atoms with Gasteiger partial charge in [0.15, 0.2) is 5.75 Å². The SMILES string of the molecule is NC(=O)c1cc2c(Oc3ccc(C=CC(=O)N4CCOCC4)cc3)cncc2s1. The molecule has 2 amide bonds. The highest BCUT2D eigenvalue weighted by molar-refractivity contribution is 7.20. The van der Waals surface area contributed by atoms with Gasteiger partial charge in [-0.15, -0.1) is 11.3 Å². The average Bonchev–Trinajstić information content (AvgIpc) is 3.19. The van der Waals surface area contributed by atoms with E-state index in [0.717, 1.165) is 15.6 Å². The number of carbonyl (C=O) groups is 2. The maximum atomic E-state index is 12.2. The standard InChI is InChI=1S/C21H19N3O4S/c22-21(26)18-11-16-17(12-23-13-19(16)29-18)28-15-4-1-14(2-5-15)3-6-20(25)24-7-9-27-10-8-24/h1-6,11-13H,7-10H2,(H2,22,26). The number of nitrogens with zero attached hydrogens (tertiary/aromatic N) is 2. The molecule has 1 aliphatic heterocycles. The number of carbonyl (C=O) groups excluding carboxylic acids is 2. The molecule has 0 bridgehead atoms. The van der Waals surface area contributed by atoms with Gasteiger partial charge in [0.2, 0.25) is 5.91 Å². The molecule has 0 unspecified atom stereocenters. The molecule has 29 heavy (non-hydrogen) atoms. The molecule has 1 saturated heterocycles. The highest BCUT2D eigenvalue weighted by Gasteiger charge is 2.14. The number of ether oxygens (including phenoxy) is 2. The van der Waals surface area contributed by atoms with E-state index < -0.39 is 5.91 Å². The van der Waals surface area contributed by atoms with E-state index in [2.05, 4.69) is 4.98 Å².